The van der Waals surface area contributed by atoms with E-state index in [9.17, 15) is 9.59 Å². The zero-order valence-electron chi connectivity index (χ0n) is 17.8. The van der Waals surface area contributed by atoms with E-state index in [1.807, 2.05) is 24.3 Å². The standard InChI is InChI=1S/C22H35N3O2/c1-17(26)18-7-9-19(10-8-18)21(2,3)16-22(4,5)23-20(27)15-25-13-11-24(6)12-14-25/h7-10H,11-16H2,1-6H3,(H,23,27). The smallest absolute Gasteiger partial charge is 0.234 e. The average molecular weight is 374 g/mol. The molecule has 5 heteroatoms. The molecular formula is C22H35N3O2. The lowest BCUT2D eigenvalue weighted by Gasteiger charge is -2.37. The van der Waals surface area contributed by atoms with Crippen molar-refractivity contribution in [2.45, 2.75) is 52.0 Å². The highest BCUT2D eigenvalue weighted by Crippen LogP contribution is 2.32. The van der Waals surface area contributed by atoms with Crippen molar-refractivity contribution in [3.8, 4) is 0 Å². The van der Waals surface area contributed by atoms with Crippen molar-refractivity contribution in [1.29, 1.82) is 0 Å². The molecule has 0 spiro atoms. The Morgan fingerprint density at radius 1 is 1.00 bits per heavy atom. The lowest BCUT2D eigenvalue weighted by atomic mass is 9.75. The summed E-state index contributed by atoms with van der Waals surface area (Å²) in [6.07, 6.45) is 0.813. The molecule has 5 nitrogen and oxygen atoms in total. The number of ketones is 1. The number of carbonyl (C=O) groups excluding carboxylic acids is 2. The fraction of sp³-hybridized carbons (Fsp3) is 0.636. The summed E-state index contributed by atoms with van der Waals surface area (Å²) in [5.74, 6) is 0.170. The van der Waals surface area contributed by atoms with Crippen LogP contribution in [0.15, 0.2) is 24.3 Å². The molecule has 150 valence electrons. The van der Waals surface area contributed by atoms with E-state index in [-0.39, 0.29) is 22.6 Å². The number of carbonyl (C=O) groups is 2. The number of hydrogen-bond acceptors (Lipinski definition) is 4. The van der Waals surface area contributed by atoms with Gasteiger partial charge in [0.05, 0.1) is 6.54 Å². The topological polar surface area (TPSA) is 52.7 Å². The van der Waals surface area contributed by atoms with Crippen LogP contribution in [-0.2, 0) is 10.2 Å². The predicted molar refractivity (Wildman–Crippen MR) is 110 cm³/mol. The molecule has 1 N–H and O–H groups in total. The Morgan fingerprint density at radius 3 is 2.07 bits per heavy atom. The second kappa shape index (κ2) is 8.53. The summed E-state index contributed by atoms with van der Waals surface area (Å²) in [7, 11) is 2.12. The van der Waals surface area contributed by atoms with Crippen LogP contribution in [0.4, 0.5) is 0 Å². The molecule has 0 bridgehead atoms. The summed E-state index contributed by atoms with van der Waals surface area (Å²) in [4.78, 5) is 28.5. The molecule has 27 heavy (non-hydrogen) atoms. The van der Waals surface area contributed by atoms with Gasteiger partial charge >= 0.3 is 0 Å². The third kappa shape index (κ3) is 6.43. The maximum absolute atomic E-state index is 12.5. The number of piperazine rings is 1. The van der Waals surface area contributed by atoms with Gasteiger partial charge in [-0.25, -0.2) is 0 Å². The highest BCUT2D eigenvalue weighted by atomic mass is 16.2. The van der Waals surface area contributed by atoms with E-state index in [2.05, 4.69) is 49.9 Å². The molecule has 1 saturated heterocycles. The Morgan fingerprint density at radius 2 is 1.56 bits per heavy atom. The van der Waals surface area contributed by atoms with Crippen molar-refractivity contribution < 1.29 is 9.59 Å². The second-order valence-electron chi connectivity index (χ2n) is 9.21. The van der Waals surface area contributed by atoms with E-state index < -0.39 is 0 Å². The summed E-state index contributed by atoms with van der Waals surface area (Å²) >= 11 is 0. The van der Waals surface area contributed by atoms with E-state index in [1.165, 1.54) is 5.56 Å². The molecule has 1 aliphatic heterocycles. The Hall–Kier alpha value is -1.72. The van der Waals surface area contributed by atoms with Gasteiger partial charge in [0.15, 0.2) is 5.78 Å². The summed E-state index contributed by atoms with van der Waals surface area (Å²) in [6, 6.07) is 7.83. The van der Waals surface area contributed by atoms with Gasteiger partial charge in [-0.05, 0) is 45.2 Å². The number of nitrogens with zero attached hydrogens (tertiary/aromatic N) is 2. The van der Waals surface area contributed by atoms with E-state index in [1.54, 1.807) is 6.92 Å². The molecule has 1 aliphatic rings. The van der Waals surface area contributed by atoms with E-state index in [0.29, 0.717) is 6.54 Å². The van der Waals surface area contributed by atoms with Gasteiger partial charge in [-0.3, -0.25) is 14.5 Å². The monoisotopic (exact) mass is 373 g/mol. The SMILES string of the molecule is CC(=O)c1ccc(C(C)(C)CC(C)(C)NC(=O)CN2CCN(C)CC2)cc1. The fourth-order valence-corrected chi connectivity index (χ4v) is 4.03. The minimum Gasteiger partial charge on any atom is -0.350 e. The number of nitrogens with one attached hydrogen (secondary N) is 1. The lowest BCUT2D eigenvalue weighted by Crippen LogP contribution is -2.53. The number of hydrogen-bond donors (Lipinski definition) is 1. The highest BCUT2D eigenvalue weighted by molar-refractivity contribution is 5.94. The molecule has 1 aromatic rings. The molecule has 1 heterocycles. The molecule has 0 unspecified atom stereocenters. The van der Waals surface area contributed by atoms with E-state index in [0.717, 1.165) is 38.2 Å². The predicted octanol–water partition coefficient (Wildman–Crippen LogP) is 2.70. The second-order valence-corrected chi connectivity index (χ2v) is 9.21. The van der Waals surface area contributed by atoms with E-state index >= 15 is 0 Å². The first kappa shape index (κ1) is 21.6. The van der Waals surface area contributed by atoms with Crippen molar-refractivity contribution in [3.05, 3.63) is 35.4 Å². The third-order valence-corrected chi connectivity index (χ3v) is 5.40. The van der Waals surface area contributed by atoms with Crippen molar-refractivity contribution in [2.75, 3.05) is 39.8 Å². The van der Waals surface area contributed by atoms with Crippen LogP contribution >= 0.6 is 0 Å². The molecule has 2 rings (SSSR count). The van der Waals surface area contributed by atoms with Crippen molar-refractivity contribution in [2.24, 2.45) is 0 Å². The quantitative estimate of drug-likeness (QED) is 0.747. The Bertz CT molecular complexity index is 657. The average Bonchev–Trinajstić information content (AvgIpc) is 2.55. The van der Waals surface area contributed by atoms with Gasteiger partial charge in [-0.2, -0.15) is 0 Å². The number of benzene rings is 1. The van der Waals surface area contributed by atoms with Gasteiger partial charge in [-0.15, -0.1) is 0 Å². The minimum absolute atomic E-state index is 0.0795. The lowest BCUT2D eigenvalue weighted by molar-refractivity contribution is -0.124. The Balaban J connectivity index is 1.94. The Kier molecular flexibility index (Phi) is 6.82. The zero-order valence-corrected chi connectivity index (χ0v) is 17.8. The molecular weight excluding hydrogens is 338 g/mol. The minimum atomic E-state index is -0.313. The molecule has 0 atom stereocenters. The van der Waals surface area contributed by atoms with Crippen LogP contribution in [0.5, 0.6) is 0 Å². The number of Topliss-reactive ketones (excluding diaryl/α,β-unsaturated/α-hetero) is 1. The summed E-state index contributed by atoms with van der Waals surface area (Å²) < 4.78 is 0. The maximum atomic E-state index is 12.5. The largest absolute Gasteiger partial charge is 0.350 e. The first-order valence-corrected chi connectivity index (χ1v) is 9.82. The van der Waals surface area contributed by atoms with Crippen LogP contribution in [0.1, 0.15) is 57.0 Å². The third-order valence-electron chi connectivity index (χ3n) is 5.40. The molecule has 1 fully saturated rings. The van der Waals surface area contributed by atoms with Crippen LogP contribution in [0.3, 0.4) is 0 Å². The number of rotatable bonds is 7. The van der Waals surface area contributed by atoms with Crippen LogP contribution in [-0.4, -0.2) is 66.8 Å². The molecule has 0 aliphatic carbocycles. The molecule has 0 saturated carbocycles. The van der Waals surface area contributed by atoms with Gasteiger partial charge in [0, 0.05) is 37.3 Å². The normalized spacial score (nSPS) is 17.0. The van der Waals surface area contributed by atoms with Gasteiger partial charge in [0.2, 0.25) is 5.91 Å². The van der Waals surface area contributed by atoms with Gasteiger partial charge in [0.1, 0.15) is 0 Å². The summed E-state index contributed by atoms with van der Waals surface area (Å²) in [6.45, 7) is 14.5. The first-order valence-electron chi connectivity index (χ1n) is 9.82. The Labute approximate surface area is 164 Å². The number of likely N-dealkylation sites (N-methyl/N-ethyl adjacent to an activating group) is 1. The van der Waals surface area contributed by atoms with Gasteiger partial charge in [-0.1, -0.05) is 38.1 Å². The zero-order chi connectivity index (χ0) is 20.2. The molecule has 0 radical (unpaired) electrons. The first-order chi connectivity index (χ1) is 12.5. The van der Waals surface area contributed by atoms with Crippen LogP contribution in [0.25, 0.3) is 0 Å². The summed E-state index contributed by atoms with van der Waals surface area (Å²) in [5, 5.41) is 3.22. The van der Waals surface area contributed by atoms with Crippen LogP contribution < -0.4 is 5.32 Å². The van der Waals surface area contributed by atoms with Crippen molar-refractivity contribution >= 4 is 11.7 Å². The highest BCUT2D eigenvalue weighted by Gasteiger charge is 2.32. The van der Waals surface area contributed by atoms with Gasteiger partial charge < -0.3 is 10.2 Å². The van der Waals surface area contributed by atoms with E-state index in [4.69, 9.17) is 0 Å². The molecule has 1 amide bonds. The summed E-state index contributed by atoms with van der Waals surface area (Å²) in [5.41, 5.74) is 1.48. The van der Waals surface area contributed by atoms with Crippen molar-refractivity contribution in [1.82, 2.24) is 15.1 Å². The van der Waals surface area contributed by atoms with Crippen LogP contribution in [0, 0.1) is 0 Å². The van der Waals surface area contributed by atoms with Gasteiger partial charge in [0.25, 0.3) is 0 Å². The maximum Gasteiger partial charge on any atom is 0.234 e. The van der Waals surface area contributed by atoms with Crippen molar-refractivity contribution in [3.63, 3.8) is 0 Å². The van der Waals surface area contributed by atoms with Crippen LogP contribution in [0.2, 0.25) is 0 Å². The fourth-order valence-electron chi connectivity index (χ4n) is 4.03. The molecule has 0 aromatic heterocycles. The number of amides is 1. The molecule has 1 aromatic carbocycles.